The predicted octanol–water partition coefficient (Wildman–Crippen LogP) is 9.01. The van der Waals surface area contributed by atoms with E-state index in [1.165, 1.54) is 43.2 Å². The van der Waals surface area contributed by atoms with Crippen molar-refractivity contribution in [3.63, 3.8) is 0 Å². The Kier molecular flexibility index (Phi) is 6.58. The summed E-state index contributed by atoms with van der Waals surface area (Å²) in [6.45, 7) is 9.20. The number of carbonyl (C=O) groups excluding carboxylic acids is 1. The molecule has 41 heavy (non-hydrogen) atoms. The number of allylic oxidation sites excluding steroid dienone is 1. The van der Waals surface area contributed by atoms with Crippen LogP contribution in [0.3, 0.4) is 0 Å². The monoisotopic (exact) mass is 552 g/mol. The number of benzene rings is 2. The predicted molar refractivity (Wildman–Crippen MR) is 163 cm³/mol. The Labute approximate surface area is 247 Å². The minimum atomic E-state index is -0.376. The molecule has 0 aromatic heterocycles. The van der Waals surface area contributed by atoms with Gasteiger partial charge in [0.2, 0.25) is 0 Å². The largest absolute Gasteiger partial charge is 0.462 e. The summed E-state index contributed by atoms with van der Waals surface area (Å²) >= 11 is 0. The minimum absolute atomic E-state index is 0.0713. The van der Waals surface area contributed by atoms with Crippen molar-refractivity contribution in [2.45, 2.75) is 109 Å². The highest BCUT2D eigenvalue weighted by molar-refractivity contribution is 5.66. The first-order chi connectivity index (χ1) is 19.7. The molecular weight excluding hydrogens is 504 g/mol. The lowest BCUT2D eigenvalue weighted by molar-refractivity contribution is -0.153. The van der Waals surface area contributed by atoms with Crippen LogP contribution in [0.15, 0.2) is 72.3 Å². The molecule has 1 heterocycles. The summed E-state index contributed by atoms with van der Waals surface area (Å²) < 4.78 is 13.2. The fourth-order valence-corrected chi connectivity index (χ4v) is 11.1. The molecule has 218 valence electrons. The Morgan fingerprint density at radius 2 is 1.49 bits per heavy atom. The molecule has 4 aliphatic carbocycles. The average molecular weight is 553 g/mol. The van der Waals surface area contributed by atoms with Crippen LogP contribution in [0.1, 0.15) is 103 Å². The van der Waals surface area contributed by atoms with Crippen molar-refractivity contribution < 1.29 is 14.3 Å². The molecule has 1 aliphatic heterocycles. The Bertz CT molecular complexity index is 1280. The van der Waals surface area contributed by atoms with E-state index in [2.05, 4.69) is 87.5 Å². The van der Waals surface area contributed by atoms with E-state index in [1.54, 1.807) is 12.5 Å². The van der Waals surface area contributed by atoms with E-state index < -0.39 is 0 Å². The molecule has 3 heteroatoms. The molecule has 0 spiro atoms. The van der Waals surface area contributed by atoms with Crippen LogP contribution >= 0.6 is 0 Å². The van der Waals surface area contributed by atoms with Crippen LogP contribution in [0, 0.1) is 34.5 Å². The van der Waals surface area contributed by atoms with Crippen LogP contribution in [0.2, 0.25) is 0 Å². The van der Waals surface area contributed by atoms with Gasteiger partial charge in [0.15, 0.2) is 0 Å². The van der Waals surface area contributed by atoms with E-state index in [-0.39, 0.29) is 28.7 Å². The van der Waals surface area contributed by atoms with Crippen LogP contribution < -0.4 is 0 Å². The average Bonchev–Trinajstić information content (AvgIpc) is 3.53. The molecule has 4 fully saturated rings. The zero-order valence-electron chi connectivity index (χ0n) is 25.5. The number of carbonyl (C=O) groups is 1. The molecule has 0 unspecified atom stereocenters. The van der Waals surface area contributed by atoms with Crippen molar-refractivity contribution in [3.05, 3.63) is 83.4 Å². The molecule has 1 saturated heterocycles. The number of hydrogen-bond donors (Lipinski definition) is 0. The van der Waals surface area contributed by atoms with E-state index in [0.717, 1.165) is 49.9 Å². The van der Waals surface area contributed by atoms with Gasteiger partial charge in [-0.15, -0.1) is 0 Å². The lowest BCUT2D eigenvalue weighted by atomic mass is 9.46. The Morgan fingerprint density at radius 3 is 2.15 bits per heavy atom. The molecule has 0 N–H and O–H groups in total. The standard InChI is InChI=1S/C38H48O3/c1-26(39)40-30-19-21-35(2)29(25-30)15-16-31-32-17-18-34(36(32,3)22-20-33(31)35)37(4)23-24-38(41-37,27-11-7-5-8-12-27)28-13-9-6-10-14-28/h5-15,30-34H,16-25H2,1-4H3/t30-,31-,32+,33-,34+,35+,36+,37-/m1/s1. The number of ether oxygens (including phenoxy) is 2. The van der Waals surface area contributed by atoms with Gasteiger partial charge in [0.1, 0.15) is 11.7 Å². The fraction of sp³-hybridized carbons (Fsp3) is 0.605. The maximum absolute atomic E-state index is 11.7. The molecule has 8 atom stereocenters. The normalized spacial score (nSPS) is 41.1. The first-order valence-electron chi connectivity index (χ1n) is 16.4. The molecule has 2 aromatic rings. The maximum atomic E-state index is 11.7. The number of hydrogen-bond acceptors (Lipinski definition) is 3. The highest BCUT2D eigenvalue weighted by Gasteiger charge is 2.64. The zero-order chi connectivity index (χ0) is 28.5. The summed E-state index contributed by atoms with van der Waals surface area (Å²) in [7, 11) is 0. The van der Waals surface area contributed by atoms with Crippen LogP contribution in [0.25, 0.3) is 0 Å². The summed E-state index contributed by atoms with van der Waals surface area (Å²) in [5, 5.41) is 0. The molecule has 0 radical (unpaired) electrons. The van der Waals surface area contributed by atoms with Crippen LogP contribution in [-0.2, 0) is 19.9 Å². The maximum Gasteiger partial charge on any atom is 0.302 e. The second-order valence-electron chi connectivity index (χ2n) is 14.9. The van der Waals surface area contributed by atoms with Gasteiger partial charge in [-0.3, -0.25) is 4.79 Å². The topological polar surface area (TPSA) is 35.5 Å². The molecule has 0 amide bonds. The van der Waals surface area contributed by atoms with Crippen molar-refractivity contribution >= 4 is 5.97 Å². The van der Waals surface area contributed by atoms with Gasteiger partial charge in [-0.25, -0.2) is 0 Å². The summed E-state index contributed by atoms with van der Waals surface area (Å²) in [4.78, 5) is 11.7. The summed E-state index contributed by atoms with van der Waals surface area (Å²) in [5.74, 6) is 2.71. The molecule has 3 saturated carbocycles. The highest BCUT2D eigenvalue weighted by Crippen LogP contribution is 2.69. The second kappa shape index (κ2) is 9.83. The van der Waals surface area contributed by atoms with Crippen molar-refractivity contribution in [1.29, 1.82) is 0 Å². The fourth-order valence-electron chi connectivity index (χ4n) is 11.1. The lowest BCUT2D eigenvalue weighted by Gasteiger charge is -2.59. The molecule has 0 bridgehead atoms. The van der Waals surface area contributed by atoms with Gasteiger partial charge in [-0.1, -0.05) is 86.2 Å². The van der Waals surface area contributed by atoms with Crippen LogP contribution in [-0.4, -0.2) is 17.7 Å². The molecule has 2 aromatic carbocycles. The molecule has 3 nitrogen and oxygen atoms in total. The van der Waals surface area contributed by atoms with Gasteiger partial charge in [0.05, 0.1) is 5.60 Å². The van der Waals surface area contributed by atoms with E-state index in [1.807, 2.05) is 0 Å². The zero-order valence-corrected chi connectivity index (χ0v) is 25.5. The van der Waals surface area contributed by atoms with E-state index >= 15 is 0 Å². The van der Waals surface area contributed by atoms with E-state index in [0.29, 0.717) is 11.3 Å². The van der Waals surface area contributed by atoms with Gasteiger partial charge in [-0.2, -0.15) is 0 Å². The number of fused-ring (bicyclic) bond motifs is 5. The van der Waals surface area contributed by atoms with Gasteiger partial charge in [0, 0.05) is 13.3 Å². The first-order valence-corrected chi connectivity index (χ1v) is 16.4. The number of esters is 1. The van der Waals surface area contributed by atoms with Crippen molar-refractivity contribution in [2.75, 3.05) is 0 Å². The summed E-state index contributed by atoms with van der Waals surface area (Å²) in [5.41, 5.74) is 4.24. The van der Waals surface area contributed by atoms with Gasteiger partial charge in [-0.05, 0) is 110 Å². The smallest absolute Gasteiger partial charge is 0.302 e. The third-order valence-electron chi connectivity index (χ3n) is 13.0. The van der Waals surface area contributed by atoms with Crippen LogP contribution in [0.4, 0.5) is 0 Å². The summed E-state index contributed by atoms with van der Waals surface area (Å²) in [6.07, 6.45) is 14.3. The van der Waals surface area contributed by atoms with E-state index in [4.69, 9.17) is 9.47 Å². The minimum Gasteiger partial charge on any atom is -0.462 e. The van der Waals surface area contributed by atoms with Crippen molar-refractivity contribution in [3.8, 4) is 0 Å². The van der Waals surface area contributed by atoms with E-state index in [9.17, 15) is 4.79 Å². The first kappa shape index (κ1) is 27.4. The Hall–Kier alpha value is -2.39. The molecule has 7 rings (SSSR count). The second-order valence-corrected chi connectivity index (χ2v) is 14.9. The van der Waals surface area contributed by atoms with Gasteiger partial charge >= 0.3 is 5.97 Å². The van der Waals surface area contributed by atoms with Crippen molar-refractivity contribution in [2.24, 2.45) is 34.5 Å². The van der Waals surface area contributed by atoms with Gasteiger partial charge < -0.3 is 9.47 Å². The highest BCUT2D eigenvalue weighted by atomic mass is 16.5. The van der Waals surface area contributed by atoms with Crippen molar-refractivity contribution in [1.82, 2.24) is 0 Å². The Balaban J connectivity index is 1.17. The Morgan fingerprint density at radius 1 is 0.805 bits per heavy atom. The lowest BCUT2D eigenvalue weighted by Crippen LogP contribution is -2.53. The summed E-state index contributed by atoms with van der Waals surface area (Å²) in [6, 6.07) is 22.0. The van der Waals surface area contributed by atoms with Crippen LogP contribution in [0.5, 0.6) is 0 Å². The molecule has 5 aliphatic rings. The third-order valence-corrected chi connectivity index (χ3v) is 13.0. The molecular formula is C38H48O3. The number of rotatable bonds is 4. The SMILES string of the molecule is CC(=O)O[C@@H]1CC[C@@]2(C)C(=CC[C@H]3[C@H]2CC[C@@]2(C)[C@H]3CC[C@@H]2[C@@]2(C)CCC(c3ccccc3)(c3ccccc3)O2)C1. The quantitative estimate of drug-likeness (QED) is 0.280. The third kappa shape index (κ3) is 4.20. The van der Waals surface area contributed by atoms with Gasteiger partial charge in [0.25, 0.3) is 0 Å².